The molecule has 0 aromatic rings. The predicted octanol–water partition coefficient (Wildman–Crippen LogP) is 2.41. The summed E-state index contributed by atoms with van der Waals surface area (Å²) in [7, 11) is 3.21. The lowest BCUT2D eigenvalue weighted by Crippen LogP contribution is -2.43. The maximum Gasteiger partial charge on any atom is 0.500 e. The minimum absolute atomic E-state index is 0.0709. The molecule has 0 aliphatic carbocycles. The molecular weight excluding hydrogens is 456 g/mol. The van der Waals surface area contributed by atoms with E-state index >= 15 is 0 Å². The Labute approximate surface area is 193 Å². The highest BCUT2D eigenvalue weighted by Gasteiger charge is 2.36. The molecule has 0 fully saturated rings. The van der Waals surface area contributed by atoms with Crippen molar-refractivity contribution in [2.24, 2.45) is 0 Å². The van der Waals surface area contributed by atoms with Crippen molar-refractivity contribution in [3.63, 3.8) is 0 Å². The number of amides is 2. The van der Waals surface area contributed by atoms with E-state index in [4.69, 9.17) is 31.6 Å². The van der Waals surface area contributed by atoms with E-state index in [2.05, 4.69) is 10.6 Å². The van der Waals surface area contributed by atoms with Crippen LogP contribution in [0.4, 0.5) is 9.59 Å². The van der Waals surface area contributed by atoms with Crippen LogP contribution in [0.15, 0.2) is 12.2 Å². The SMILES string of the molecule is CC[Si](CCCNC(=O)OC/C=C/COC(=O)NCCC[Si](OC)(OC)OC)(OC)OC. The zero-order chi connectivity index (χ0) is 24.3. The van der Waals surface area contributed by atoms with Crippen LogP contribution in [-0.4, -0.2) is 91.4 Å². The fraction of sp³-hybridized carbons (Fsp3) is 0.789. The van der Waals surface area contributed by atoms with Gasteiger partial charge in [0.25, 0.3) is 0 Å². The first-order valence-electron chi connectivity index (χ1n) is 10.6. The van der Waals surface area contributed by atoms with E-state index in [1.165, 1.54) is 0 Å². The van der Waals surface area contributed by atoms with Crippen LogP contribution in [0.3, 0.4) is 0 Å². The van der Waals surface area contributed by atoms with E-state index in [0.717, 1.165) is 18.5 Å². The molecule has 0 aliphatic rings. The van der Waals surface area contributed by atoms with Gasteiger partial charge in [0.15, 0.2) is 0 Å². The summed E-state index contributed by atoms with van der Waals surface area (Å²) in [5.41, 5.74) is 0. The standard InChI is InChI=1S/C19H40N2O9Si2/c1-7-31(24-2,25-3)16-10-12-20-18(22)29-14-8-9-15-30-19(23)21-13-11-17-32(26-4,27-5)28-6/h8-9H,7,10-17H2,1-6H3,(H,20,22)(H,21,23)/b9-8+. The molecule has 0 saturated heterocycles. The average Bonchev–Trinajstić information content (AvgIpc) is 2.82. The number of hydrogen-bond donors (Lipinski definition) is 2. The molecule has 11 nitrogen and oxygen atoms in total. The van der Waals surface area contributed by atoms with E-state index in [1.807, 2.05) is 6.92 Å². The van der Waals surface area contributed by atoms with Gasteiger partial charge in [0.1, 0.15) is 13.2 Å². The Kier molecular flexibility index (Phi) is 17.2. The minimum Gasteiger partial charge on any atom is -0.445 e. The Bertz CT molecular complexity index is 482. The normalized spacial score (nSPS) is 12.1. The first-order valence-corrected chi connectivity index (χ1v) is 14.7. The van der Waals surface area contributed by atoms with Gasteiger partial charge in [-0.15, -0.1) is 0 Å². The van der Waals surface area contributed by atoms with E-state index in [9.17, 15) is 9.59 Å². The highest BCUT2D eigenvalue weighted by molar-refractivity contribution is 6.67. The van der Waals surface area contributed by atoms with Crippen LogP contribution in [0.2, 0.25) is 18.1 Å². The van der Waals surface area contributed by atoms with Gasteiger partial charge in [-0.05, 0) is 37.1 Å². The van der Waals surface area contributed by atoms with Gasteiger partial charge < -0.3 is 42.2 Å². The lowest BCUT2D eigenvalue weighted by molar-refractivity contribution is 0.122. The van der Waals surface area contributed by atoms with Gasteiger partial charge >= 0.3 is 29.6 Å². The summed E-state index contributed by atoms with van der Waals surface area (Å²) in [5.74, 6) is 0. The van der Waals surface area contributed by atoms with Crippen molar-refractivity contribution >= 4 is 29.6 Å². The summed E-state index contributed by atoms with van der Waals surface area (Å²) in [4.78, 5) is 23.3. The molecule has 13 heteroatoms. The Morgan fingerprint density at radius 2 is 1.16 bits per heavy atom. The van der Waals surface area contributed by atoms with E-state index in [0.29, 0.717) is 25.6 Å². The highest BCUT2D eigenvalue weighted by atomic mass is 28.4. The van der Waals surface area contributed by atoms with Crippen LogP contribution < -0.4 is 10.6 Å². The zero-order valence-corrected chi connectivity index (χ0v) is 22.2. The molecule has 0 atom stereocenters. The summed E-state index contributed by atoms with van der Waals surface area (Å²) in [6, 6.07) is 2.23. The van der Waals surface area contributed by atoms with Crippen LogP contribution in [0.5, 0.6) is 0 Å². The molecule has 0 aliphatic heterocycles. The third-order valence-electron chi connectivity index (χ3n) is 4.94. The number of carbonyl (C=O) groups excluding carboxylic acids is 2. The summed E-state index contributed by atoms with van der Waals surface area (Å²) in [6.07, 6.45) is 3.55. The van der Waals surface area contributed by atoms with Crippen LogP contribution in [0.1, 0.15) is 19.8 Å². The van der Waals surface area contributed by atoms with Crippen molar-refractivity contribution in [3.8, 4) is 0 Å². The first kappa shape index (κ1) is 30.5. The van der Waals surface area contributed by atoms with Crippen molar-refractivity contribution in [3.05, 3.63) is 12.2 Å². The Morgan fingerprint density at radius 1 is 0.719 bits per heavy atom. The van der Waals surface area contributed by atoms with Gasteiger partial charge in [-0.1, -0.05) is 6.92 Å². The second-order valence-electron chi connectivity index (χ2n) is 6.70. The van der Waals surface area contributed by atoms with Crippen molar-refractivity contribution in [1.29, 1.82) is 0 Å². The molecule has 0 radical (unpaired) electrons. The fourth-order valence-electron chi connectivity index (χ4n) is 2.84. The third kappa shape index (κ3) is 12.5. The Hall–Kier alpha value is -1.49. The molecule has 188 valence electrons. The second kappa shape index (κ2) is 18.0. The molecule has 2 amide bonds. The number of carbonyl (C=O) groups is 2. The molecule has 0 bridgehead atoms. The smallest absolute Gasteiger partial charge is 0.445 e. The Balaban J connectivity index is 3.82. The molecule has 0 unspecified atom stereocenters. The second-order valence-corrected chi connectivity index (χ2v) is 13.6. The number of ether oxygens (including phenoxy) is 2. The van der Waals surface area contributed by atoms with Crippen molar-refractivity contribution in [1.82, 2.24) is 10.6 Å². The molecule has 0 aromatic carbocycles. The minimum atomic E-state index is -2.62. The quantitative estimate of drug-likeness (QED) is 0.167. The largest absolute Gasteiger partial charge is 0.500 e. The lowest BCUT2D eigenvalue weighted by atomic mass is 10.5. The van der Waals surface area contributed by atoms with Gasteiger partial charge in [-0.3, -0.25) is 0 Å². The van der Waals surface area contributed by atoms with Crippen LogP contribution >= 0.6 is 0 Å². The maximum atomic E-state index is 11.7. The van der Waals surface area contributed by atoms with Crippen LogP contribution in [0.25, 0.3) is 0 Å². The molecule has 32 heavy (non-hydrogen) atoms. The van der Waals surface area contributed by atoms with Crippen LogP contribution in [0, 0.1) is 0 Å². The van der Waals surface area contributed by atoms with Crippen molar-refractivity contribution < 1.29 is 41.2 Å². The molecule has 0 spiro atoms. The van der Waals surface area contributed by atoms with Gasteiger partial charge in [-0.25, -0.2) is 9.59 Å². The molecule has 0 rings (SSSR count). The zero-order valence-electron chi connectivity index (χ0n) is 20.2. The Morgan fingerprint density at radius 3 is 1.53 bits per heavy atom. The van der Waals surface area contributed by atoms with E-state index < -0.39 is 29.6 Å². The summed E-state index contributed by atoms with van der Waals surface area (Å²) in [5, 5.41) is 5.32. The number of alkyl carbamates (subject to hydrolysis) is 2. The van der Waals surface area contributed by atoms with Gasteiger partial charge in [0.05, 0.1) is 0 Å². The maximum absolute atomic E-state index is 11.7. The van der Waals surface area contributed by atoms with Gasteiger partial charge in [0, 0.05) is 54.7 Å². The number of hydrogen-bond acceptors (Lipinski definition) is 9. The van der Waals surface area contributed by atoms with Crippen molar-refractivity contribution in [2.75, 3.05) is 61.9 Å². The fourth-order valence-corrected chi connectivity index (χ4v) is 6.78. The summed E-state index contributed by atoms with van der Waals surface area (Å²) >= 11 is 0. The van der Waals surface area contributed by atoms with Crippen LogP contribution in [-0.2, 0) is 31.6 Å². The van der Waals surface area contributed by atoms with E-state index in [-0.39, 0.29) is 13.2 Å². The van der Waals surface area contributed by atoms with Gasteiger partial charge in [0.2, 0.25) is 0 Å². The first-order chi connectivity index (χ1) is 15.4. The number of nitrogens with one attached hydrogen (secondary N) is 2. The van der Waals surface area contributed by atoms with E-state index in [1.54, 1.807) is 47.7 Å². The molecule has 0 aromatic heterocycles. The molecular formula is C19H40N2O9Si2. The lowest BCUT2D eigenvalue weighted by Gasteiger charge is -2.25. The predicted molar refractivity (Wildman–Crippen MR) is 124 cm³/mol. The third-order valence-corrected chi connectivity index (χ3v) is 11.4. The molecule has 2 N–H and O–H groups in total. The average molecular weight is 497 g/mol. The number of rotatable bonds is 18. The summed E-state index contributed by atoms with van der Waals surface area (Å²) < 4.78 is 37.0. The molecule has 0 saturated carbocycles. The molecule has 0 heterocycles. The summed E-state index contributed by atoms with van der Waals surface area (Å²) in [6.45, 7) is 3.09. The van der Waals surface area contributed by atoms with Gasteiger partial charge in [-0.2, -0.15) is 0 Å². The van der Waals surface area contributed by atoms with Crippen molar-refractivity contribution in [2.45, 2.75) is 37.9 Å². The topological polar surface area (TPSA) is 123 Å². The monoisotopic (exact) mass is 496 g/mol. The highest BCUT2D eigenvalue weighted by Crippen LogP contribution is 2.18.